The first kappa shape index (κ1) is 17.6. The van der Waals surface area contributed by atoms with Gasteiger partial charge < -0.3 is 4.74 Å². The largest absolute Gasteiger partial charge is 0.462 e. The number of ether oxygens (including phenoxy) is 1. The van der Waals surface area contributed by atoms with Crippen molar-refractivity contribution >= 4 is 5.97 Å². The van der Waals surface area contributed by atoms with Crippen molar-refractivity contribution in [1.29, 1.82) is 0 Å². The quantitative estimate of drug-likeness (QED) is 0.554. The Hall–Kier alpha value is -0.830. The van der Waals surface area contributed by atoms with Gasteiger partial charge in [0, 0.05) is 18.5 Å². The van der Waals surface area contributed by atoms with Gasteiger partial charge in [0.15, 0.2) is 0 Å². The summed E-state index contributed by atoms with van der Waals surface area (Å²) in [6.45, 7) is 11.2. The SMILES string of the molecule is C=C1CCC[C@]2(C)C[C@H]3OC(=O)[C@H](CN4CCCC[C@H]4CC)[C@H]3C[C@@H]12. The van der Waals surface area contributed by atoms with E-state index in [0.29, 0.717) is 23.3 Å². The van der Waals surface area contributed by atoms with E-state index in [1.165, 1.54) is 50.5 Å². The lowest BCUT2D eigenvalue weighted by atomic mass is 9.55. The fraction of sp³-hybridized carbons (Fsp3) is 0.864. The third kappa shape index (κ3) is 3.07. The maximum Gasteiger partial charge on any atom is 0.310 e. The molecule has 0 amide bonds. The molecule has 0 bridgehead atoms. The van der Waals surface area contributed by atoms with E-state index in [2.05, 4.69) is 25.3 Å². The van der Waals surface area contributed by atoms with E-state index in [1.807, 2.05) is 0 Å². The second kappa shape index (κ2) is 6.72. The molecule has 2 heterocycles. The summed E-state index contributed by atoms with van der Waals surface area (Å²) in [6, 6.07) is 0.666. The van der Waals surface area contributed by atoms with Crippen molar-refractivity contribution in [3.63, 3.8) is 0 Å². The van der Waals surface area contributed by atoms with Crippen LogP contribution in [-0.4, -0.2) is 36.1 Å². The van der Waals surface area contributed by atoms with Gasteiger partial charge in [-0.15, -0.1) is 0 Å². The van der Waals surface area contributed by atoms with Crippen LogP contribution in [0, 0.1) is 23.2 Å². The molecule has 2 saturated carbocycles. The zero-order valence-corrected chi connectivity index (χ0v) is 16.1. The summed E-state index contributed by atoms with van der Waals surface area (Å²) >= 11 is 0. The number of hydrogen-bond acceptors (Lipinski definition) is 3. The summed E-state index contributed by atoms with van der Waals surface area (Å²) in [5.74, 6) is 1.20. The number of hydrogen-bond donors (Lipinski definition) is 0. The molecule has 0 unspecified atom stereocenters. The summed E-state index contributed by atoms with van der Waals surface area (Å²) in [4.78, 5) is 15.3. The molecule has 2 saturated heterocycles. The van der Waals surface area contributed by atoms with Crippen LogP contribution in [0.2, 0.25) is 0 Å². The maximum atomic E-state index is 12.7. The summed E-state index contributed by atoms with van der Waals surface area (Å²) in [6.07, 6.45) is 11.2. The molecular formula is C22H35NO2. The highest BCUT2D eigenvalue weighted by atomic mass is 16.6. The second-order valence-electron chi connectivity index (χ2n) is 9.46. The highest BCUT2D eigenvalue weighted by molar-refractivity contribution is 5.75. The van der Waals surface area contributed by atoms with Crippen LogP contribution in [0.15, 0.2) is 12.2 Å². The van der Waals surface area contributed by atoms with Crippen molar-refractivity contribution in [3.8, 4) is 0 Å². The van der Waals surface area contributed by atoms with Crippen LogP contribution in [0.5, 0.6) is 0 Å². The molecule has 0 aromatic rings. The minimum Gasteiger partial charge on any atom is -0.462 e. The molecule has 3 heteroatoms. The van der Waals surface area contributed by atoms with Gasteiger partial charge in [-0.2, -0.15) is 0 Å². The first-order valence-electron chi connectivity index (χ1n) is 10.6. The van der Waals surface area contributed by atoms with Crippen LogP contribution in [0.1, 0.15) is 71.6 Å². The number of piperidine rings is 1. The fourth-order valence-electron chi connectivity index (χ4n) is 6.48. The molecule has 0 spiro atoms. The zero-order valence-electron chi connectivity index (χ0n) is 16.1. The van der Waals surface area contributed by atoms with Gasteiger partial charge in [0.2, 0.25) is 0 Å². The molecule has 0 aromatic heterocycles. The van der Waals surface area contributed by atoms with E-state index in [9.17, 15) is 4.79 Å². The third-order valence-electron chi connectivity index (χ3n) is 7.97. The lowest BCUT2D eigenvalue weighted by Gasteiger charge is -2.50. The molecule has 140 valence electrons. The molecule has 4 fully saturated rings. The van der Waals surface area contributed by atoms with E-state index in [1.54, 1.807) is 0 Å². The Morgan fingerprint density at radius 2 is 2.16 bits per heavy atom. The zero-order chi connectivity index (χ0) is 17.6. The van der Waals surface area contributed by atoms with Crippen LogP contribution in [0.25, 0.3) is 0 Å². The van der Waals surface area contributed by atoms with Crippen LogP contribution in [0.3, 0.4) is 0 Å². The van der Waals surface area contributed by atoms with Crippen molar-refractivity contribution in [2.75, 3.05) is 13.1 Å². The number of likely N-dealkylation sites (tertiary alicyclic amines) is 1. The minimum absolute atomic E-state index is 0.0864. The fourth-order valence-corrected chi connectivity index (χ4v) is 6.48. The van der Waals surface area contributed by atoms with Gasteiger partial charge in [0.25, 0.3) is 0 Å². The summed E-state index contributed by atoms with van der Waals surface area (Å²) in [5.41, 5.74) is 1.75. The average molecular weight is 346 g/mol. The van der Waals surface area contributed by atoms with Gasteiger partial charge in [-0.05, 0) is 69.2 Å². The van der Waals surface area contributed by atoms with Gasteiger partial charge in [-0.3, -0.25) is 9.69 Å². The summed E-state index contributed by atoms with van der Waals surface area (Å²) < 4.78 is 5.94. The van der Waals surface area contributed by atoms with Crippen molar-refractivity contribution in [1.82, 2.24) is 4.90 Å². The number of nitrogens with zero attached hydrogens (tertiary/aromatic N) is 1. The van der Waals surface area contributed by atoms with Crippen LogP contribution in [0.4, 0.5) is 0 Å². The number of carbonyl (C=O) groups is 1. The molecule has 4 rings (SSSR count). The first-order chi connectivity index (χ1) is 12.0. The van der Waals surface area contributed by atoms with Gasteiger partial charge in [-0.25, -0.2) is 0 Å². The Bertz CT molecular complexity index is 544. The maximum absolute atomic E-state index is 12.7. The Balaban J connectivity index is 1.51. The van der Waals surface area contributed by atoms with E-state index >= 15 is 0 Å². The number of allylic oxidation sites excluding steroid dienone is 1. The lowest BCUT2D eigenvalue weighted by Crippen LogP contribution is -2.47. The second-order valence-corrected chi connectivity index (χ2v) is 9.46. The molecule has 4 aliphatic rings. The molecular weight excluding hydrogens is 310 g/mol. The molecule has 2 aliphatic carbocycles. The van der Waals surface area contributed by atoms with Gasteiger partial charge >= 0.3 is 5.97 Å². The summed E-state index contributed by atoms with van der Waals surface area (Å²) in [7, 11) is 0. The normalized spacial score (nSPS) is 45.0. The molecule has 0 aromatic carbocycles. The van der Waals surface area contributed by atoms with Crippen LogP contribution >= 0.6 is 0 Å². The number of carbonyl (C=O) groups excluding carboxylic acids is 1. The van der Waals surface area contributed by atoms with Gasteiger partial charge in [0.05, 0.1) is 5.92 Å². The highest BCUT2D eigenvalue weighted by Crippen LogP contribution is 2.57. The van der Waals surface area contributed by atoms with Gasteiger partial charge in [0.1, 0.15) is 6.10 Å². The van der Waals surface area contributed by atoms with E-state index in [0.717, 1.165) is 25.9 Å². The third-order valence-corrected chi connectivity index (χ3v) is 7.97. The molecule has 3 nitrogen and oxygen atoms in total. The van der Waals surface area contributed by atoms with E-state index in [-0.39, 0.29) is 18.0 Å². The Morgan fingerprint density at radius 1 is 1.32 bits per heavy atom. The molecule has 6 atom stereocenters. The van der Waals surface area contributed by atoms with Crippen LogP contribution in [-0.2, 0) is 9.53 Å². The lowest BCUT2D eigenvalue weighted by molar-refractivity contribution is -0.146. The molecule has 0 radical (unpaired) electrons. The summed E-state index contributed by atoms with van der Waals surface area (Å²) in [5, 5.41) is 0. The predicted octanol–water partition coefficient (Wildman–Crippen LogP) is 4.57. The van der Waals surface area contributed by atoms with Crippen molar-refractivity contribution in [2.24, 2.45) is 23.2 Å². The van der Waals surface area contributed by atoms with E-state index in [4.69, 9.17) is 4.74 Å². The number of rotatable bonds is 3. The Morgan fingerprint density at radius 3 is 2.96 bits per heavy atom. The van der Waals surface area contributed by atoms with Crippen molar-refractivity contribution in [2.45, 2.75) is 83.8 Å². The Labute approximate surface area is 153 Å². The molecule has 0 N–H and O–H groups in total. The molecule has 25 heavy (non-hydrogen) atoms. The number of esters is 1. The van der Waals surface area contributed by atoms with E-state index < -0.39 is 0 Å². The van der Waals surface area contributed by atoms with Crippen LogP contribution < -0.4 is 0 Å². The molecule has 2 aliphatic heterocycles. The Kier molecular flexibility index (Phi) is 4.72. The smallest absolute Gasteiger partial charge is 0.310 e. The number of fused-ring (bicyclic) bond motifs is 2. The predicted molar refractivity (Wildman–Crippen MR) is 100 cm³/mol. The van der Waals surface area contributed by atoms with Crippen molar-refractivity contribution in [3.05, 3.63) is 12.2 Å². The van der Waals surface area contributed by atoms with Crippen molar-refractivity contribution < 1.29 is 9.53 Å². The minimum atomic E-state index is 0.0864. The topological polar surface area (TPSA) is 29.5 Å². The average Bonchev–Trinajstić information content (AvgIpc) is 2.88. The highest BCUT2D eigenvalue weighted by Gasteiger charge is 2.55. The van der Waals surface area contributed by atoms with Gasteiger partial charge in [-0.1, -0.05) is 32.4 Å². The first-order valence-corrected chi connectivity index (χ1v) is 10.6. The monoisotopic (exact) mass is 345 g/mol. The standard InChI is InChI=1S/C22H35NO2/c1-4-16-9-5-6-11-23(16)14-18-17-12-19-15(2)8-7-10-22(19,3)13-20(17)25-21(18)24/h16-20H,2,4-14H2,1,3H3/t16-,17-,18-,19+,20-,22-/m1/s1.